The Kier molecular flexibility index (Phi) is 3.99. The van der Waals surface area contributed by atoms with Gasteiger partial charge in [-0.25, -0.2) is 0 Å². The van der Waals surface area contributed by atoms with Crippen LogP contribution in [0, 0.1) is 17.0 Å². The summed E-state index contributed by atoms with van der Waals surface area (Å²) in [6.07, 6.45) is 0. The van der Waals surface area contributed by atoms with Crippen molar-refractivity contribution in [2.45, 2.75) is 13.5 Å². The van der Waals surface area contributed by atoms with Crippen LogP contribution < -0.4 is 11.1 Å². The molecule has 0 fully saturated rings. The molecule has 0 aliphatic heterocycles. The highest BCUT2D eigenvalue weighted by atomic mass is 32.1. The van der Waals surface area contributed by atoms with Gasteiger partial charge in [-0.05, 0) is 31.2 Å². The van der Waals surface area contributed by atoms with Gasteiger partial charge >= 0.3 is 0 Å². The smallest absolute Gasteiger partial charge is 0.282 e. The maximum absolute atomic E-state index is 12.0. The molecule has 1 heterocycles. The van der Waals surface area contributed by atoms with E-state index in [4.69, 9.17) is 5.73 Å². The Morgan fingerprint density at radius 2 is 2.15 bits per heavy atom. The van der Waals surface area contributed by atoms with E-state index in [-0.39, 0.29) is 11.3 Å². The highest BCUT2D eigenvalue weighted by Crippen LogP contribution is 2.21. The van der Waals surface area contributed by atoms with Gasteiger partial charge in [0.2, 0.25) is 0 Å². The molecule has 0 bridgehead atoms. The lowest BCUT2D eigenvalue weighted by atomic mass is 10.1. The van der Waals surface area contributed by atoms with E-state index in [9.17, 15) is 14.9 Å². The molecule has 2 aromatic rings. The number of amides is 1. The van der Waals surface area contributed by atoms with Crippen LogP contribution >= 0.6 is 11.3 Å². The standard InChI is InChI=1S/C13H13N3O3S/c1-8-2-4-10(20-8)7-15-13(17)11-6-9(14)3-5-12(11)16(18)19/h2-6H,7,14H2,1H3,(H,15,17). The summed E-state index contributed by atoms with van der Waals surface area (Å²) in [7, 11) is 0. The average molecular weight is 291 g/mol. The van der Waals surface area contributed by atoms with Crippen molar-refractivity contribution in [3.05, 3.63) is 55.8 Å². The molecule has 104 valence electrons. The Hall–Kier alpha value is -2.41. The minimum Gasteiger partial charge on any atom is -0.399 e. The van der Waals surface area contributed by atoms with Crippen LogP contribution in [-0.4, -0.2) is 10.8 Å². The van der Waals surface area contributed by atoms with E-state index in [2.05, 4.69) is 5.32 Å². The monoisotopic (exact) mass is 291 g/mol. The first-order chi connectivity index (χ1) is 9.47. The second-order valence-corrected chi connectivity index (χ2v) is 5.60. The Bertz CT molecular complexity index is 667. The van der Waals surface area contributed by atoms with Gasteiger partial charge < -0.3 is 11.1 Å². The molecule has 0 unspecified atom stereocenters. The number of aryl methyl sites for hydroxylation is 1. The van der Waals surface area contributed by atoms with Crippen molar-refractivity contribution in [1.29, 1.82) is 0 Å². The molecule has 7 heteroatoms. The summed E-state index contributed by atoms with van der Waals surface area (Å²) in [6.45, 7) is 2.31. The van der Waals surface area contributed by atoms with Crippen LogP contribution in [0.2, 0.25) is 0 Å². The van der Waals surface area contributed by atoms with Crippen molar-refractivity contribution in [3.8, 4) is 0 Å². The number of rotatable bonds is 4. The summed E-state index contributed by atoms with van der Waals surface area (Å²) in [5.41, 5.74) is 5.61. The number of hydrogen-bond donors (Lipinski definition) is 2. The summed E-state index contributed by atoms with van der Waals surface area (Å²) in [5, 5.41) is 13.6. The first-order valence-corrected chi connectivity index (χ1v) is 6.66. The number of carbonyl (C=O) groups excluding carboxylic acids is 1. The predicted octanol–water partition coefficient (Wildman–Crippen LogP) is 2.48. The molecule has 2 rings (SSSR count). The molecule has 0 saturated heterocycles. The first-order valence-electron chi connectivity index (χ1n) is 5.85. The Morgan fingerprint density at radius 3 is 2.75 bits per heavy atom. The lowest BCUT2D eigenvalue weighted by Gasteiger charge is -2.05. The molecular formula is C13H13N3O3S. The Balaban J connectivity index is 2.16. The van der Waals surface area contributed by atoms with Crippen LogP contribution in [0.15, 0.2) is 30.3 Å². The van der Waals surface area contributed by atoms with Gasteiger partial charge in [-0.2, -0.15) is 0 Å². The Labute approximate surface area is 119 Å². The molecule has 20 heavy (non-hydrogen) atoms. The molecule has 3 N–H and O–H groups in total. The molecule has 1 aromatic heterocycles. The topological polar surface area (TPSA) is 98.3 Å². The van der Waals surface area contributed by atoms with E-state index in [1.165, 1.54) is 18.2 Å². The van der Waals surface area contributed by atoms with E-state index in [1.54, 1.807) is 11.3 Å². The van der Waals surface area contributed by atoms with Crippen molar-refractivity contribution in [2.24, 2.45) is 0 Å². The number of nitro benzene ring substituents is 1. The largest absolute Gasteiger partial charge is 0.399 e. The minimum atomic E-state index is -0.594. The fourth-order valence-corrected chi connectivity index (χ4v) is 2.57. The zero-order valence-electron chi connectivity index (χ0n) is 10.8. The third kappa shape index (κ3) is 3.12. The zero-order chi connectivity index (χ0) is 14.7. The van der Waals surface area contributed by atoms with Gasteiger partial charge in [-0.3, -0.25) is 14.9 Å². The SMILES string of the molecule is Cc1ccc(CNC(=O)c2cc(N)ccc2[N+](=O)[O-])s1. The molecule has 0 aliphatic carbocycles. The lowest BCUT2D eigenvalue weighted by molar-refractivity contribution is -0.385. The summed E-state index contributed by atoms with van der Waals surface area (Å²) in [6, 6.07) is 7.81. The number of nitrogens with two attached hydrogens (primary N) is 1. The zero-order valence-corrected chi connectivity index (χ0v) is 11.6. The van der Waals surface area contributed by atoms with Gasteiger partial charge in [-0.15, -0.1) is 11.3 Å². The number of hydrogen-bond acceptors (Lipinski definition) is 5. The minimum absolute atomic E-state index is 0.0247. The van der Waals surface area contributed by atoms with Crippen molar-refractivity contribution in [2.75, 3.05) is 5.73 Å². The van der Waals surface area contributed by atoms with Gasteiger partial charge in [0.1, 0.15) is 5.56 Å². The van der Waals surface area contributed by atoms with Crippen molar-refractivity contribution < 1.29 is 9.72 Å². The predicted molar refractivity (Wildman–Crippen MR) is 77.7 cm³/mol. The van der Waals surface area contributed by atoms with E-state index in [0.717, 1.165) is 9.75 Å². The second-order valence-electron chi connectivity index (χ2n) is 4.23. The normalized spacial score (nSPS) is 10.2. The van der Waals surface area contributed by atoms with Crippen molar-refractivity contribution in [3.63, 3.8) is 0 Å². The average Bonchev–Trinajstić information content (AvgIpc) is 2.81. The van der Waals surface area contributed by atoms with Gasteiger partial charge in [0, 0.05) is 21.5 Å². The fourth-order valence-electron chi connectivity index (χ4n) is 1.74. The maximum Gasteiger partial charge on any atom is 0.282 e. The summed E-state index contributed by atoms with van der Waals surface area (Å²) in [5.74, 6) is -0.505. The van der Waals surface area contributed by atoms with E-state index in [0.29, 0.717) is 12.2 Å². The molecule has 0 radical (unpaired) electrons. The van der Waals surface area contributed by atoms with Crippen molar-refractivity contribution >= 4 is 28.6 Å². The number of anilines is 1. The van der Waals surface area contributed by atoms with E-state index in [1.807, 2.05) is 19.1 Å². The second kappa shape index (κ2) is 5.70. The molecule has 0 aliphatic rings. The fraction of sp³-hybridized carbons (Fsp3) is 0.154. The van der Waals surface area contributed by atoms with Crippen LogP contribution in [0.1, 0.15) is 20.1 Å². The number of nitrogens with zero attached hydrogens (tertiary/aromatic N) is 1. The number of thiophene rings is 1. The lowest BCUT2D eigenvalue weighted by Crippen LogP contribution is -2.23. The van der Waals surface area contributed by atoms with E-state index >= 15 is 0 Å². The molecule has 0 spiro atoms. The molecule has 1 aromatic carbocycles. The highest BCUT2D eigenvalue weighted by Gasteiger charge is 2.20. The number of carbonyl (C=O) groups is 1. The van der Waals surface area contributed by atoms with E-state index < -0.39 is 10.8 Å². The molecule has 0 saturated carbocycles. The highest BCUT2D eigenvalue weighted by molar-refractivity contribution is 7.11. The third-order valence-electron chi connectivity index (χ3n) is 2.68. The Morgan fingerprint density at radius 1 is 1.40 bits per heavy atom. The summed E-state index contributed by atoms with van der Waals surface area (Å²) in [4.78, 5) is 24.5. The van der Waals surface area contributed by atoms with Gasteiger partial charge in [-0.1, -0.05) is 0 Å². The van der Waals surface area contributed by atoms with Gasteiger partial charge in [0.25, 0.3) is 11.6 Å². The number of nitro groups is 1. The van der Waals surface area contributed by atoms with Gasteiger partial charge in [0.05, 0.1) is 11.5 Å². The quantitative estimate of drug-likeness (QED) is 0.513. The number of nitrogens with one attached hydrogen (secondary N) is 1. The van der Waals surface area contributed by atoms with Crippen LogP contribution in [0.25, 0.3) is 0 Å². The first kappa shape index (κ1) is 14.0. The molecule has 6 nitrogen and oxygen atoms in total. The molecule has 0 atom stereocenters. The van der Waals surface area contributed by atoms with Gasteiger partial charge in [0.15, 0.2) is 0 Å². The van der Waals surface area contributed by atoms with Crippen LogP contribution in [0.5, 0.6) is 0 Å². The van der Waals surface area contributed by atoms with Crippen LogP contribution in [0.4, 0.5) is 11.4 Å². The molecular weight excluding hydrogens is 278 g/mol. The van der Waals surface area contributed by atoms with Crippen LogP contribution in [-0.2, 0) is 6.54 Å². The third-order valence-corrected chi connectivity index (χ3v) is 3.68. The number of nitrogen functional groups attached to an aromatic ring is 1. The number of benzene rings is 1. The van der Waals surface area contributed by atoms with Crippen molar-refractivity contribution in [1.82, 2.24) is 5.32 Å². The maximum atomic E-state index is 12.0. The summed E-state index contributed by atoms with van der Waals surface area (Å²) >= 11 is 1.57. The van der Waals surface area contributed by atoms with Crippen LogP contribution in [0.3, 0.4) is 0 Å². The summed E-state index contributed by atoms with van der Waals surface area (Å²) < 4.78 is 0. The molecule has 1 amide bonds.